The van der Waals surface area contributed by atoms with Gasteiger partial charge in [-0.3, -0.25) is 9.59 Å². The Morgan fingerprint density at radius 3 is 2.19 bits per heavy atom. The minimum absolute atomic E-state index is 0.00966. The number of rotatable bonds is 8. The maximum absolute atomic E-state index is 12.1. The fourth-order valence-electron chi connectivity index (χ4n) is 2.05. The average Bonchev–Trinajstić information content (AvgIpc) is 2.44. The molecule has 116 valence electrons. The van der Waals surface area contributed by atoms with Gasteiger partial charge in [-0.15, -0.1) is 0 Å². The summed E-state index contributed by atoms with van der Waals surface area (Å²) in [6, 6.07) is 8.08. The minimum atomic E-state index is -0.856. The largest absolute Gasteiger partial charge is 0.481 e. The van der Waals surface area contributed by atoms with Gasteiger partial charge in [0, 0.05) is 45.7 Å². The van der Waals surface area contributed by atoms with Crippen LogP contribution in [-0.4, -0.2) is 42.5 Å². The summed E-state index contributed by atoms with van der Waals surface area (Å²) in [6.45, 7) is 3.13. The van der Waals surface area contributed by atoms with Gasteiger partial charge >= 0.3 is 5.97 Å². The topological polar surface area (TPSA) is 60.9 Å². The van der Waals surface area contributed by atoms with Crippen LogP contribution in [0.15, 0.2) is 24.3 Å². The molecule has 0 aliphatic carbocycles. The van der Waals surface area contributed by atoms with Crippen molar-refractivity contribution in [3.63, 3.8) is 0 Å². The summed E-state index contributed by atoms with van der Waals surface area (Å²) in [6.07, 6.45) is 0.723. The highest BCUT2D eigenvalue weighted by atomic mass is 16.4. The zero-order valence-corrected chi connectivity index (χ0v) is 13.0. The molecule has 0 atom stereocenters. The summed E-state index contributed by atoms with van der Waals surface area (Å²) < 4.78 is 0. The summed E-state index contributed by atoms with van der Waals surface area (Å²) in [5, 5.41) is 8.60. The van der Waals surface area contributed by atoms with E-state index in [4.69, 9.17) is 5.11 Å². The van der Waals surface area contributed by atoms with Gasteiger partial charge in [-0.05, 0) is 31.0 Å². The predicted octanol–water partition coefficient (Wildman–Crippen LogP) is 2.36. The summed E-state index contributed by atoms with van der Waals surface area (Å²) in [4.78, 5) is 26.3. The second-order valence-corrected chi connectivity index (χ2v) is 5.22. The third-order valence-corrected chi connectivity index (χ3v) is 3.34. The number of carboxylic acids is 1. The molecule has 5 nitrogen and oxygen atoms in total. The number of benzene rings is 1. The lowest BCUT2D eigenvalue weighted by atomic mass is 10.1. The number of carbonyl (C=O) groups is 2. The Balaban J connectivity index is 2.56. The maximum atomic E-state index is 12.1. The number of carboxylic acid groups (broad SMARTS) is 1. The quantitative estimate of drug-likeness (QED) is 0.799. The van der Waals surface area contributed by atoms with E-state index < -0.39 is 5.97 Å². The van der Waals surface area contributed by atoms with E-state index in [-0.39, 0.29) is 18.7 Å². The molecular weight excluding hydrogens is 268 g/mol. The summed E-state index contributed by atoms with van der Waals surface area (Å²) in [5.74, 6) is -0.847. The van der Waals surface area contributed by atoms with Crippen LogP contribution >= 0.6 is 0 Å². The van der Waals surface area contributed by atoms with Crippen molar-refractivity contribution in [2.75, 3.05) is 25.5 Å². The van der Waals surface area contributed by atoms with Crippen LogP contribution in [0.2, 0.25) is 0 Å². The first-order valence-corrected chi connectivity index (χ1v) is 7.20. The third kappa shape index (κ3) is 5.85. The Kier molecular flexibility index (Phi) is 6.72. The highest BCUT2D eigenvalue weighted by Crippen LogP contribution is 2.14. The molecule has 0 spiro atoms. The van der Waals surface area contributed by atoms with Gasteiger partial charge < -0.3 is 14.9 Å². The van der Waals surface area contributed by atoms with Gasteiger partial charge in [0.25, 0.3) is 0 Å². The molecule has 1 aromatic rings. The molecule has 21 heavy (non-hydrogen) atoms. The highest BCUT2D eigenvalue weighted by Gasteiger charge is 2.12. The monoisotopic (exact) mass is 292 g/mol. The molecule has 0 unspecified atom stereocenters. The van der Waals surface area contributed by atoms with E-state index in [9.17, 15) is 9.59 Å². The first kappa shape index (κ1) is 17.0. The van der Waals surface area contributed by atoms with E-state index in [1.807, 2.05) is 50.2 Å². The summed E-state index contributed by atoms with van der Waals surface area (Å²) >= 11 is 0. The number of anilines is 1. The van der Waals surface area contributed by atoms with Crippen LogP contribution < -0.4 is 4.90 Å². The standard InChI is InChI=1S/C16H24N2O3/c1-4-18(15(19)6-5-7-16(20)21)12-13-8-10-14(11-9-13)17(2)3/h8-11H,4-7,12H2,1-3H3,(H,20,21). The van der Waals surface area contributed by atoms with Crippen LogP contribution in [-0.2, 0) is 16.1 Å². The fourth-order valence-corrected chi connectivity index (χ4v) is 2.05. The number of aliphatic carboxylic acids is 1. The summed E-state index contributed by atoms with van der Waals surface area (Å²) in [5.41, 5.74) is 2.20. The Hall–Kier alpha value is -2.04. The Bertz CT molecular complexity index is 469. The lowest BCUT2D eigenvalue weighted by Crippen LogP contribution is -2.30. The van der Waals surface area contributed by atoms with Gasteiger partial charge in [0.1, 0.15) is 0 Å². The predicted molar refractivity (Wildman–Crippen MR) is 83.3 cm³/mol. The van der Waals surface area contributed by atoms with Crippen molar-refractivity contribution in [3.05, 3.63) is 29.8 Å². The van der Waals surface area contributed by atoms with Crippen molar-refractivity contribution in [2.45, 2.75) is 32.7 Å². The lowest BCUT2D eigenvalue weighted by Gasteiger charge is -2.21. The molecule has 0 aromatic heterocycles. The molecular formula is C16H24N2O3. The normalized spacial score (nSPS) is 10.2. The molecule has 0 bridgehead atoms. The molecule has 1 aromatic carbocycles. The molecule has 1 rings (SSSR count). The number of carbonyl (C=O) groups excluding carboxylic acids is 1. The number of nitrogens with zero attached hydrogens (tertiary/aromatic N) is 2. The zero-order valence-electron chi connectivity index (χ0n) is 13.0. The van der Waals surface area contributed by atoms with E-state index in [2.05, 4.69) is 0 Å². The van der Waals surface area contributed by atoms with Crippen LogP contribution in [0.1, 0.15) is 31.7 Å². The van der Waals surface area contributed by atoms with E-state index in [0.717, 1.165) is 11.3 Å². The average molecular weight is 292 g/mol. The number of hydrogen-bond acceptors (Lipinski definition) is 3. The molecule has 0 aliphatic rings. The van der Waals surface area contributed by atoms with Gasteiger partial charge in [0.2, 0.25) is 5.91 Å². The molecule has 1 N–H and O–H groups in total. The van der Waals surface area contributed by atoms with Crippen molar-refractivity contribution >= 4 is 17.6 Å². The Morgan fingerprint density at radius 1 is 1.10 bits per heavy atom. The van der Waals surface area contributed by atoms with Gasteiger partial charge in [-0.1, -0.05) is 12.1 Å². The highest BCUT2D eigenvalue weighted by molar-refractivity contribution is 5.77. The number of amides is 1. The molecule has 0 heterocycles. The van der Waals surface area contributed by atoms with E-state index in [1.54, 1.807) is 4.90 Å². The molecule has 0 aliphatic heterocycles. The maximum Gasteiger partial charge on any atom is 0.303 e. The Labute approximate surface area is 126 Å². The van der Waals surface area contributed by atoms with Crippen molar-refractivity contribution in [2.24, 2.45) is 0 Å². The van der Waals surface area contributed by atoms with Crippen LogP contribution in [0.5, 0.6) is 0 Å². The van der Waals surface area contributed by atoms with Crippen molar-refractivity contribution in [1.82, 2.24) is 4.90 Å². The van der Waals surface area contributed by atoms with Gasteiger partial charge in [0.05, 0.1) is 0 Å². The van der Waals surface area contributed by atoms with Crippen LogP contribution in [0.25, 0.3) is 0 Å². The van der Waals surface area contributed by atoms with Crippen molar-refractivity contribution < 1.29 is 14.7 Å². The van der Waals surface area contributed by atoms with E-state index in [0.29, 0.717) is 19.5 Å². The smallest absolute Gasteiger partial charge is 0.303 e. The second kappa shape index (κ2) is 8.29. The van der Waals surface area contributed by atoms with Gasteiger partial charge in [-0.2, -0.15) is 0 Å². The number of hydrogen-bond donors (Lipinski definition) is 1. The first-order chi connectivity index (χ1) is 9.93. The lowest BCUT2D eigenvalue weighted by molar-refractivity contribution is -0.137. The summed E-state index contributed by atoms with van der Waals surface area (Å²) in [7, 11) is 3.97. The van der Waals surface area contributed by atoms with Crippen molar-refractivity contribution in [3.8, 4) is 0 Å². The van der Waals surface area contributed by atoms with Crippen LogP contribution in [0.3, 0.4) is 0 Å². The van der Waals surface area contributed by atoms with Crippen LogP contribution in [0, 0.1) is 0 Å². The Morgan fingerprint density at radius 2 is 1.71 bits per heavy atom. The SMILES string of the molecule is CCN(Cc1ccc(N(C)C)cc1)C(=O)CCCC(=O)O. The second-order valence-electron chi connectivity index (χ2n) is 5.22. The van der Waals surface area contributed by atoms with Crippen molar-refractivity contribution in [1.29, 1.82) is 0 Å². The van der Waals surface area contributed by atoms with Gasteiger partial charge in [0.15, 0.2) is 0 Å². The molecule has 0 saturated carbocycles. The molecule has 1 amide bonds. The molecule has 0 fully saturated rings. The fraction of sp³-hybridized carbons (Fsp3) is 0.500. The van der Waals surface area contributed by atoms with E-state index in [1.165, 1.54) is 0 Å². The molecule has 0 radical (unpaired) electrons. The third-order valence-electron chi connectivity index (χ3n) is 3.34. The zero-order chi connectivity index (χ0) is 15.8. The molecule has 0 saturated heterocycles. The van der Waals surface area contributed by atoms with E-state index >= 15 is 0 Å². The van der Waals surface area contributed by atoms with Crippen LogP contribution in [0.4, 0.5) is 5.69 Å². The minimum Gasteiger partial charge on any atom is -0.481 e. The first-order valence-electron chi connectivity index (χ1n) is 7.20. The van der Waals surface area contributed by atoms with Gasteiger partial charge in [-0.25, -0.2) is 0 Å². The molecule has 5 heteroatoms.